The van der Waals surface area contributed by atoms with Crippen LogP contribution in [0.25, 0.3) is 0 Å². The van der Waals surface area contributed by atoms with Crippen molar-refractivity contribution in [2.45, 2.75) is 20.0 Å². The lowest BCUT2D eigenvalue weighted by molar-refractivity contribution is -0.0259. The van der Waals surface area contributed by atoms with Gasteiger partial charge in [0, 0.05) is 12.7 Å². The summed E-state index contributed by atoms with van der Waals surface area (Å²) in [7, 11) is 1.88. The quantitative estimate of drug-likeness (QED) is 0.176. The number of rotatable bonds is 27. The van der Waals surface area contributed by atoms with Crippen LogP contribution in [-0.2, 0) is 37.9 Å². The van der Waals surface area contributed by atoms with E-state index in [4.69, 9.17) is 42.6 Å². The van der Waals surface area contributed by atoms with E-state index >= 15 is 0 Å². The first-order chi connectivity index (χ1) is 17.7. The van der Waals surface area contributed by atoms with Crippen LogP contribution in [0.5, 0.6) is 5.75 Å². The summed E-state index contributed by atoms with van der Waals surface area (Å²) in [5.41, 5.74) is 1.05. The number of benzene rings is 1. The second kappa shape index (κ2) is 25.2. The van der Waals surface area contributed by atoms with E-state index in [2.05, 4.69) is 5.32 Å². The Bertz CT molecular complexity index is 575. The van der Waals surface area contributed by atoms with Gasteiger partial charge < -0.3 is 47.9 Å². The second-order valence-electron chi connectivity index (χ2n) is 7.83. The lowest BCUT2D eigenvalue weighted by atomic mass is 10.3. The molecule has 1 rings (SSSR count). The Hall–Kier alpha value is -1.50. The lowest BCUT2D eigenvalue weighted by Gasteiger charge is -2.09. The fourth-order valence-electron chi connectivity index (χ4n) is 2.70. The molecule has 1 aromatic carbocycles. The van der Waals surface area contributed by atoms with Crippen LogP contribution in [0.3, 0.4) is 0 Å². The molecule has 0 saturated heterocycles. The first-order valence-corrected chi connectivity index (χ1v) is 12.8. The van der Waals surface area contributed by atoms with Gasteiger partial charge in [0.15, 0.2) is 0 Å². The maximum atomic E-state index is 5.61. The Morgan fingerprint density at radius 1 is 0.500 bits per heavy atom. The predicted octanol–water partition coefficient (Wildman–Crippen LogP) is 2.65. The summed E-state index contributed by atoms with van der Waals surface area (Å²) in [6.45, 7) is 12.6. The molecule has 1 aromatic rings. The van der Waals surface area contributed by atoms with E-state index < -0.39 is 0 Å². The van der Waals surface area contributed by atoms with Crippen LogP contribution in [0.2, 0.25) is 0 Å². The van der Waals surface area contributed by atoms with Crippen molar-refractivity contribution in [1.82, 2.24) is 0 Å². The Balaban J connectivity index is 1.67. The third-order valence-electron chi connectivity index (χ3n) is 4.55. The number of ether oxygens (including phenoxy) is 9. The highest BCUT2D eigenvalue weighted by Gasteiger charge is 1.97. The van der Waals surface area contributed by atoms with E-state index in [1.807, 2.05) is 45.2 Å². The minimum absolute atomic E-state index is 0.236. The summed E-state index contributed by atoms with van der Waals surface area (Å²) >= 11 is 0. The van der Waals surface area contributed by atoms with Crippen molar-refractivity contribution >= 4 is 5.69 Å². The highest BCUT2D eigenvalue weighted by atomic mass is 16.6. The van der Waals surface area contributed by atoms with Crippen LogP contribution in [-0.4, -0.2) is 119 Å². The molecule has 0 bridgehead atoms. The van der Waals surface area contributed by atoms with Gasteiger partial charge in [-0.2, -0.15) is 0 Å². The number of hydrogen-bond donors (Lipinski definition) is 1. The third kappa shape index (κ3) is 21.8. The molecule has 0 aromatic heterocycles. The molecule has 1 N–H and O–H groups in total. The van der Waals surface area contributed by atoms with Gasteiger partial charge in [-0.15, -0.1) is 0 Å². The smallest absolute Gasteiger partial charge is 0.119 e. The van der Waals surface area contributed by atoms with Crippen LogP contribution in [0.4, 0.5) is 5.69 Å². The van der Waals surface area contributed by atoms with Crippen molar-refractivity contribution in [3.8, 4) is 5.75 Å². The number of nitrogens with one attached hydrogen (secondary N) is 1. The molecule has 10 heteroatoms. The van der Waals surface area contributed by atoms with Crippen LogP contribution in [0.15, 0.2) is 24.3 Å². The Labute approximate surface area is 216 Å². The largest absolute Gasteiger partial charge is 0.491 e. The minimum Gasteiger partial charge on any atom is -0.491 e. The first kappa shape index (κ1) is 32.5. The average molecular weight is 518 g/mol. The molecule has 0 heterocycles. The van der Waals surface area contributed by atoms with Crippen LogP contribution >= 0.6 is 0 Å². The van der Waals surface area contributed by atoms with Gasteiger partial charge in [-0.3, -0.25) is 0 Å². The summed E-state index contributed by atoms with van der Waals surface area (Å²) in [4.78, 5) is 0. The number of hydrogen-bond acceptors (Lipinski definition) is 10. The zero-order valence-electron chi connectivity index (χ0n) is 22.4. The Kier molecular flexibility index (Phi) is 22.7. The fourth-order valence-corrected chi connectivity index (χ4v) is 2.70. The van der Waals surface area contributed by atoms with Crippen molar-refractivity contribution in [1.29, 1.82) is 0 Å². The summed E-state index contributed by atoms with van der Waals surface area (Å²) in [5, 5.41) is 3.07. The number of anilines is 1. The zero-order valence-corrected chi connectivity index (χ0v) is 22.4. The van der Waals surface area contributed by atoms with Gasteiger partial charge in [0.1, 0.15) is 12.4 Å². The predicted molar refractivity (Wildman–Crippen MR) is 138 cm³/mol. The SMILES string of the molecule is CNc1ccc(OCCOCCOCCOCCOCCOCCOCCOCCOC(C)C)cc1. The first-order valence-electron chi connectivity index (χ1n) is 12.8. The molecule has 0 amide bonds. The van der Waals surface area contributed by atoms with Gasteiger partial charge in [0.05, 0.1) is 105 Å². The average Bonchev–Trinajstić information content (AvgIpc) is 2.88. The van der Waals surface area contributed by atoms with Gasteiger partial charge in [-0.05, 0) is 38.1 Å². The van der Waals surface area contributed by atoms with Crippen molar-refractivity contribution in [2.24, 2.45) is 0 Å². The second-order valence-corrected chi connectivity index (χ2v) is 7.83. The van der Waals surface area contributed by atoms with E-state index in [1.54, 1.807) is 0 Å². The van der Waals surface area contributed by atoms with Crippen molar-refractivity contribution in [2.75, 3.05) is 118 Å². The Morgan fingerprint density at radius 3 is 1.17 bits per heavy atom. The molecule has 0 atom stereocenters. The van der Waals surface area contributed by atoms with E-state index in [9.17, 15) is 0 Å². The molecule has 36 heavy (non-hydrogen) atoms. The van der Waals surface area contributed by atoms with Crippen molar-refractivity contribution in [3.63, 3.8) is 0 Å². The maximum absolute atomic E-state index is 5.61. The molecular weight excluding hydrogens is 470 g/mol. The fraction of sp³-hybridized carbons (Fsp3) is 0.769. The summed E-state index contributed by atoms with van der Waals surface area (Å²) in [6.07, 6.45) is 0.236. The van der Waals surface area contributed by atoms with Gasteiger partial charge in [0.25, 0.3) is 0 Å². The summed E-state index contributed by atoms with van der Waals surface area (Å²) in [5.74, 6) is 0.827. The molecule has 10 nitrogen and oxygen atoms in total. The molecule has 0 radical (unpaired) electrons. The topological polar surface area (TPSA) is 95.1 Å². The maximum Gasteiger partial charge on any atom is 0.119 e. The van der Waals surface area contributed by atoms with Gasteiger partial charge in [-0.25, -0.2) is 0 Å². The van der Waals surface area contributed by atoms with E-state index in [0.717, 1.165) is 11.4 Å². The van der Waals surface area contributed by atoms with Crippen molar-refractivity contribution < 1.29 is 42.6 Å². The van der Waals surface area contributed by atoms with Gasteiger partial charge >= 0.3 is 0 Å². The highest BCUT2D eigenvalue weighted by molar-refractivity contribution is 5.45. The lowest BCUT2D eigenvalue weighted by Crippen LogP contribution is -2.15. The van der Waals surface area contributed by atoms with Gasteiger partial charge in [0.2, 0.25) is 0 Å². The molecular formula is C26H47NO9. The summed E-state index contributed by atoms with van der Waals surface area (Å²) < 4.78 is 49.2. The monoisotopic (exact) mass is 517 g/mol. The molecule has 0 spiro atoms. The molecule has 0 aliphatic rings. The highest BCUT2D eigenvalue weighted by Crippen LogP contribution is 2.14. The van der Waals surface area contributed by atoms with Crippen LogP contribution in [0, 0.1) is 0 Å². The summed E-state index contributed by atoms with van der Waals surface area (Å²) in [6, 6.07) is 7.79. The van der Waals surface area contributed by atoms with E-state index in [1.165, 1.54) is 0 Å². The van der Waals surface area contributed by atoms with Crippen LogP contribution < -0.4 is 10.1 Å². The Morgan fingerprint density at radius 2 is 0.833 bits per heavy atom. The standard InChI is InChI=1S/C26H47NO9/c1-24(2)35-22-20-33-18-16-31-14-12-29-10-8-28-9-11-30-13-15-32-17-19-34-21-23-36-26-6-4-25(27-3)5-7-26/h4-7,24,27H,8-23H2,1-3H3. The minimum atomic E-state index is 0.236. The molecule has 0 fully saturated rings. The van der Waals surface area contributed by atoms with Crippen molar-refractivity contribution in [3.05, 3.63) is 24.3 Å². The third-order valence-corrected chi connectivity index (χ3v) is 4.55. The molecule has 0 aliphatic carbocycles. The molecule has 210 valence electrons. The normalized spacial score (nSPS) is 11.3. The van der Waals surface area contributed by atoms with Crippen LogP contribution in [0.1, 0.15) is 13.8 Å². The van der Waals surface area contributed by atoms with E-state index in [0.29, 0.717) is 106 Å². The zero-order chi connectivity index (χ0) is 25.9. The molecule has 0 aliphatic heterocycles. The molecule has 0 saturated carbocycles. The molecule has 0 unspecified atom stereocenters. The van der Waals surface area contributed by atoms with E-state index in [-0.39, 0.29) is 6.10 Å². The van der Waals surface area contributed by atoms with Gasteiger partial charge in [-0.1, -0.05) is 0 Å².